The highest BCUT2D eigenvalue weighted by molar-refractivity contribution is 6.33. The van der Waals surface area contributed by atoms with E-state index in [1.165, 1.54) is 6.07 Å². The van der Waals surface area contributed by atoms with E-state index in [4.69, 9.17) is 16.0 Å². The minimum absolute atomic E-state index is 0.0343. The van der Waals surface area contributed by atoms with Crippen molar-refractivity contribution in [3.8, 4) is 5.75 Å². The summed E-state index contributed by atoms with van der Waals surface area (Å²) in [7, 11) is 0. The molecule has 0 saturated carbocycles. The first-order valence-corrected chi connectivity index (χ1v) is 10.7. The van der Waals surface area contributed by atoms with E-state index in [0.717, 1.165) is 36.2 Å². The molecular weight excluding hydrogens is 404 g/mol. The third kappa shape index (κ3) is 3.15. The molecule has 1 N–H and O–H groups in total. The third-order valence-corrected chi connectivity index (χ3v) is 6.75. The number of nitrogens with zero attached hydrogens (tertiary/aromatic N) is 2. The summed E-state index contributed by atoms with van der Waals surface area (Å²) in [5.41, 5.74) is 2.52. The lowest BCUT2D eigenvalue weighted by atomic mass is 9.83. The fourth-order valence-electron chi connectivity index (χ4n) is 5.17. The van der Waals surface area contributed by atoms with Gasteiger partial charge in [0.15, 0.2) is 0 Å². The second-order valence-corrected chi connectivity index (χ2v) is 8.81. The number of likely N-dealkylation sites (tertiary alicyclic amines) is 1. The summed E-state index contributed by atoms with van der Waals surface area (Å²) < 4.78 is 7.43. The number of halogens is 1. The van der Waals surface area contributed by atoms with Crippen molar-refractivity contribution in [2.45, 2.75) is 38.8 Å². The molecule has 6 nitrogen and oxygen atoms in total. The van der Waals surface area contributed by atoms with Gasteiger partial charge in [-0.2, -0.15) is 0 Å². The van der Waals surface area contributed by atoms with Crippen LogP contribution in [0.2, 0.25) is 5.02 Å². The summed E-state index contributed by atoms with van der Waals surface area (Å²) in [6.45, 7) is 4.69. The summed E-state index contributed by atoms with van der Waals surface area (Å²) in [5.74, 6) is 0.590. The van der Waals surface area contributed by atoms with Gasteiger partial charge in [0.1, 0.15) is 11.3 Å². The van der Waals surface area contributed by atoms with Crippen molar-refractivity contribution in [2.75, 3.05) is 13.1 Å². The largest absolute Gasteiger partial charge is 0.506 e. The van der Waals surface area contributed by atoms with Gasteiger partial charge in [0.2, 0.25) is 0 Å². The predicted molar refractivity (Wildman–Crippen MR) is 115 cm³/mol. The molecule has 156 valence electrons. The quantitative estimate of drug-likeness (QED) is 0.649. The Morgan fingerprint density at radius 1 is 1.20 bits per heavy atom. The number of aromatic nitrogens is 1. The standard InChI is InChI=1S/C23H23ClN2O4/c1-2-14-7-21(28)30-23-16(14)8-18(24)22(29)17(23)12-25-9-13-6-15(11-25)19-4-3-5-20(27)26(19)10-13/h3-5,7-8,13,15,29H,2,6,9-12H2,1H3/t13-,15+/m1/s1. The Kier molecular flexibility index (Phi) is 4.71. The van der Waals surface area contributed by atoms with Crippen LogP contribution >= 0.6 is 11.6 Å². The van der Waals surface area contributed by atoms with E-state index >= 15 is 0 Å². The van der Waals surface area contributed by atoms with Gasteiger partial charge in [-0.25, -0.2) is 4.79 Å². The number of pyridine rings is 1. The SMILES string of the molecule is CCc1cc(=O)oc2c(CN3C[C@H]4C[C@@H](C3)c3cccc(=O)n3C4)c(O)c(Cl)cc12. The summed E-state index contributed by atoms with van der Waals surface area (Å²) in [6.07, 6.45) is 1.72. The molecule has 0 unspecified atom stereocenters. The van der Waals surface area contributed by atoms with Gasteiger partial charge in [-0.1, -0.05) is 24.6 Å². The fraction of sp³-hybridized carbons (Fsp3) is 0.391. The normalized spacial score (nSPS) is 21.0. The van der Waals surface area contributed by atoms with Crippen molar-refractivity contribution >= 4 is 22.6 Å². The predicted octanol–water partition coefficient (Wildman–Crippen LogP) is 3.50. The van der Waals surface area contributed by atoms with Crippen LogP contribution in [-0.4, -0.2) is 27.7 Å². The molecular formula is C23H23ClN2O4. The number of hydrogen-bond donors (Lipinski definition) is 1. The topological polar surface area (TPSA) is 75.7 Å². The van der Waals surface area contributed by atoms with Crippen molar-refractivity contribution in [2.24, 2.45) is 5.92 Å². The number of aromatic hydroxyl groups is 1. The lowest BCUT2D eigenvalue weighted by Crippen LogP contribution is -2.46. The van der Waals surface area contributed by atoms with E-state index in [1.807, 2.05) is 23.6 Å². The zero-order chi connectivity index (χ0) is 21.0. The molecule has 0 spiro atoms. The molecule has 4 heterocycles. The molecule has 0 radical (unpaired) electrons. The first kappa shape index (κ1) is 19.4. The summed E-state index contributed by atoms with van der Waals surface area (Å²) >= 11 is 6.33. The molecule has 2 atom stereocenters. The molecule has 30 heavy (non-hydrogen) atoms. The Hall–Kier alpha value is -2.57. The van der Waals surface area contributed by atoms with Crippen LogP contribution in [0.25, 0.3) is 11.0 Å². The maximum Gasteiger partial charge on any atom is 0.336 e. The van der Waals surface area contributed by atoms with E-state index in [0.29, 0.717) is 36.6 Å². The minimum atomic E-state index is -0.425. The molecule has 2 aliphatic heterocycles. The van der Waals surface area contributed by atoms with Crippen LogP contribution in [0.3, 0.4) is 0 Å². The number of benzene rings is 1. The van der Waals surface area contributed by atoms with Gasteiger partial charge in [-0.15, -0.1) is 0 Å². The smallest absolute Gasteiger partial charge is 0.336 e. The maximum atomic E-state index is 12.2. The Bertz CT molecular complexity index is 1260. The zero-order valence-corrected chi connectivity index (χ0v) is 17.5. The van der Waals surface area contributed by atoms with Gasteiger partial charge in [0.05, 0.1) is 10.6 Å². The second-order valence-electron chi connectivity index (χ2n) is 8.40. The van der Waals surface area contributed by atoms with Crippen LogP contribution in [0, 0.1) is 5.92 Å². The number of piperidine rings is 1. The van der Waals surface area contributed by atoms with Crippen molar-refractivity contribution in [1.29, 1.82) is 0 Å². The van der Waals surface area contributed by atoms with Crippen LogP contribution in [0.4, 0.5) is 0 Å². The average Bonchev–Trinajstić information content (AvgIpc) is 2.72. The Morgan fingerprint density at radius 2 is 2.03 bits per heavy atom. The highest BCUT2D eigenvalue weighted by atomic mass is 35.5. The van der Waals surface area contributed by atoms with Gasteiger partial charge in [-0.05, 0) is 36.5 Å². The Labute approximate surface area is 178 Å². The van der Waals surface area contributed by atoms with Crippen molar-refractivity contribution in [3.63, 3.8) is 0 Å². The molecule has 1 fully saturated rings. The molecule has 2 aliphatic rings. The summed E-state index contributed by atoms with van der Waals surface area (Å²) in [5, 5.41) is 11.7. The Morgan fingerprint density at radius 3 is 2.83 bits per heavy atom. The van der Waals surface area contributed by atoms with Crippen LogP contribution in [0.15, 0.2) is 44.3 Å². The van der Waals surface area contributed by atoms with E-state index in [2.05, 4.69) is 4.90 Å². The van der Waals surface area contributed by atoms with Crippen LogP contribution < -0.4 is 11.2 Å². The number of phenolic OH excluding ortho intramolecular Hbond substituents is 1. The molecule has 0 amide bonds. The number of phenols is 1. The Balaban J connectivity index is 1.54. The third-order valence-electron chi connectivity index (χ3n) is 6.46. The molecule has 2 bridgehead atoms. The van der Waals surface area contributed by atoms with E-state index in [9.17, 15) is 14.7 Å². The monoisotopic (exact) mass is 426 g/mol. The first-order chi connectivity index (χ1) is 14.4. The van der Waals surface area contributed by atoms with E-state index < -0.39 is 5.63 Å². The number of fused-ring (bicyclic) bond motifs is 5. The zero-order valence-electron chi connectivity index (χ0n) is 16.7. The molecule has 1 aromatic carbocycles. The van der Waals surface area contributed by atoms with Crippen LogP contribution in [-0.2, 0) is 19.5 Å². The molecule has 2 aromatic heterocycles. The highest BCUT2D eigenvalue weighted by Crippen LogP contribution is 2.39. The van der Waals surface area contributed by atoms with Gasteiger partial charge in [0, 0.05) is 55.3 Å². The first-order valence-electron chi connectivity index (χ1n) is 10.3. The second kappa shape index (κ2) is 7.29. The van der Waals surface area contributed by atoms with Crippen LogP contribution in [0.1, 0.15) is 36.1 Å². The van der Waals surface area contributed by atoms with Gasteiger partial charge in [-0.3, -0.25) is 9.69 Å². The van der Waals surface area contributed by atoms with Crippen molar-refractivity contribution < 1.29 is 9.52 Å². The number of rotatable bonds is 3. The lowest BCUT2D eigenvalue weighted by Gasteiger charge is -2.42. The molecule has 5 rings (SSSR count). The fourth-order valence-corrected chi connectivity index (χ4v) is 5.39. The molecule has 3 aromatic rings. The van der Waals surface area contributed by atoms with E-state index in [1.54, 1.807) is 12.1 Å². The van der Waals surface area contributed by atoms with E-state index in [-0.39, 0.29) is 22.2 Å². The van der Waals surface area contributed by atoms with Crippen LogP contribution in [0.5, 0.6) is 5.75 Å². The molecule has 1 saturated heterocycles. The highest BCUT2D eigenvalue weighted by Gasteiger charge is 2.35. The lowest BCUT2D eigenvalue weighted by molar-refractivity contribution is 0.113. The maximum absolute atomic E-state index is 12.2. The summed E-state index contributed by atoms with van der Waals surface area (Å²) in [4.78, 5) is 26.6. The number of hydrogen-bond acceptors (Lipinski definition) is 5. The molecule has 7 heteroatoms. The van der Waals surface area contributed by atoms with Gasteiger partial charge < -0.3 is 14.1 Å². The van der Waals surface area contributed by atoms with Gasteiger partial charge >= 0.3 is 5.63 Å². The summed E-state index contributed by atoms with van der Waals surface area (Å²) in [6, 6.07) is 8.63. The number of aryl methyl sites for hydroxylation is 1. The van der Waals surface area contributed by atoms with Crippen molar-refractivity contribution in [3.05, 3.63) is 72.9 Å². The molecule has 0 aliphatic carbocycles. The van der Waals surface area contributed by atoms with Gasteiger partial charge in [0.25, 0.3) is 5.56 Å². The average molecular weight is 427 g/mol. The van der Waals surface area contributed by atoms with Crippen molar-refractivity contribution in [1.82, 2.24) is 9.47 Å². The minimum Gasteiger partial charge on any atom is -0.506 e.